The van der Waals surface area contributed by atoms with Crippen molar-refractivity contribution >= 4 is 34.1 Å². The number of rotatable bonds is 16. The fraction of sp³-hybridized carbons (Fsp3) is 0.0316. The number of para-hydroxylation sites is 2. The van der Waals surface area contributed by atoms with Gasteiger partial charge in [0.05, 0.1) is 11.4 Å². The molecule has 16 rings (SSSR count). The summed E-state index contributed by atoms with van der Waals surface area (Å²) in [5.74, 6) is 0. The van der Waals surface area contributed by atoms with E-state index in [9.17, 15) is 0 Å². The maximum absolute atomic E-state index is 4.87. The van der Waals surface area contributed by atoms with Crippen LogP contribution in [0.4, 0.5) is 34.1 Å². The Labute approximate surface area is 633 Å². The Hall–Kier alpha value is -11.8. The SMILES string of the molecule is Cc1cnc(-c2[c-]c(N(c3[c-]c(-c4cc(-c5ccccc5)c(C)cn4)ccc3)c3ccccc3-c3ccccc3)ccc2)cc1-c1ccccc1.Cc1cnc(-c2[c-]c(N(c3[c-]c(-c4cc(-c5ccccc5)ccn4)ccc3)c3ccccc3-c3ccccc3)ccc2)cc1-c1ccccc1.[Pt+2].[Pt+2]. The second-order valence-electron chi connectivity index (χ2n) is 24.8. The Balaban J connectivity index is 0.000000180. The van der Waals surface area contributed by atoms with E-state index in [4.69, 9.17) is 19.9 Å². The predicted molar refractivity (Wildman–Crippen MR) is 417 cm³/mol. The predicted octanol–water partition coefficient (Wildman–Crippen LogP) is 24.7. The Morgan fingerprint density at radius 2 is 0.485 bits per heavy atom. The fourth-order valence-electron chi connectivity index (χ4n) is 13.0. The number of aromatic nitrogens is 4. The van der Waals surface area contributed by atoms with Crippen LogP contribution in [0.2, 0.25) is 0 Å². The van der Waals surface area contributed by atoms with Gasteiger partial charge in [0.1, 0.15) is 0 Å². The number of benzene rings is 12. The number of hydrogen-bond donors (Lipinski definition) is 0. The van der Waals surface area contributed by atoms with E-state index in [-0.39, 0.29) is 42.1 Å². The van der Waals surface area contributed by atoms with E-state index in [1.165, 1.54) is 16.7 Å². The molecule has 0 fully saturated rings. The molecular weight excluding hydrogens is 1620 g/mol. The van der Waals surface area contributed by atoms with Gasteiger partial charge in [-0.3, -0.25) is 0 Å². The Bertz CT molecular complexity index is 5390. The molecule has 0 radical (unpaired) electrons. The summed E-state index contributed by atoms with van der Waals surface area (Å²) in [5.41, 5.74) is 29.8. The first-order chi connectivity index (χ1) is 49.8. The molecule has 0 unspecified atom stereocenters. The first-order valence-corrected chi connectivity index (χ1v) is 33.9. The van der Waals surface area contributed by atoms with Crippen molar-refractivity contribution in [3.8, 4) is 112 Å². The van der Waals surface area contributed by atoms with Crippen molar-refractivity contribution < 1.29 is 42.1 Å². The van der Waals surface area contributed by atoms with Gasteiger partial charge in [-0.05, 0) is 157 Å². The third-order valence-electron chi connectivity index (χ3n) is 18.1. The molecule has 0 aliphatic rings. The first-order valence-electron chi connectivity index (χ1n) is 33.9. The van der Waals surface area contributed by atoms with Crippen LogP contribution in [0.15, 0.2) is 358 Å². The van der Waals surface area contributed by atoms with Crippen LogP contribution in [-0.2, 0) is 42.1 Å². The molecule has 0 bridgehead atoms. The average molecular weight is 1680 g/mol. The molecule has 0 aliphatic heterocycles. The van der Waals surface area contributed by atoms with Crippen LogP contribution in [0.25, 0.3) is 112 Å². The van der Waals surface area contributed by atoms with Crippen molar-refractivity contribution in [1.82, 2.24) is 19.9 Å². The Kier molecular flexibility index (Phi) is 22.1. The number of aryl methyl sites for hydroxylation is 3. The summed E-state index contributed by atoms with van der Waals surface area (Å²) in [6.45, 7) is 6.32. The van der Waals surface area contributed by atoms with E-state index in [0.29, 0.717) is 0 Å². The monoisotopic (exact) mass is 1680 g/mol. The quantitative estimate of drug-likeness (QED) is 0.0899. The zero-order valence-electron chi connectivity index (χ0n) is 56.9. The van der Waals surface area contributed by atoms with Crippen molar-refractivity contribution in [2.75, 3.05) is 9.80 Å². The summed E-state index contributed by atoms with van der Waals surface area (Å²) in [7, 11) is 0. The molecule has 12 aromatic carbocycles. The normalized spacial score (nSPS) is 10.7. The van der Waals surface area contributed by atoms with Crippen LogP contribution in [-0.4, -0.2) is 19.9 Å². The zero-order chi connectivity index (χ0) is 68.3. The molecule has 0 amide bonds. The number of pyridine rings is 4. The van der Waals surface area contributed by atoms with Crippen molar-refractivity contribution in [2.24, 2.45) is 0 Å². The summed E-state index contributed by atoms with van der Waals surface area (Å²) in [6, 6.07) is 131. The molecule has 0 atom stereocenters. The molecule has 103 heavy (non-hydrogen) atoms. The summed E-state index contributed by atoms with van der Waals surface area (Å²) in [4.78, 5) is 23.9. The van der Waals surface area contributed by atoms with Crippen LogP contribution >= 0.6 is 0 Å². The summed E-state index contributed by atoms with van der Waals surface area (Å²) in [6.07, 6.45) is 7.73. The minimum Gasteiger partial charge on any atom is -0.346 e. The molecule has 6 nitrogen and oxygen atoms in total. The molecule has 16 aromatic rings. The second kappa shape index (κ2) is 32.7. The third-order valence-corrected chi connectivity index (χ3v) is 18.1. The Morgan fingerprint density at radius 3 is 0.796 bits per heavy atom. The molecule has 0 N–H and O–H groups in total. The largest absolute Gasteiger partial charge is 2.00 e. The molecule has 8 heteroatoms. The van der Waals surface area contributed by atoms with Gasteiger partial charge in [-0.2, -0.15) is 0 Å². The average Bonchev–Trinajstić information content (AvgIpc) is 0.777. The van der Waals surface area contributed by atoms with Crippen molar-refractivity contribution in [3.05, 3.63) is 399 Å². The van der Waals surface area contributed by atoms with Gasteiger partial charge in [-0.25, -0.2) is 0 Å². The third kappa shape index (κ3) is 15.7. The smallest absolute Gasteiger partial charge is 0.346 e. The fourth-order valence-corrected chi connectivity index (χ4v) is 13.0. The van der Waals surface area contributed by atoms with Gasteiger partial charge in [0, 0.05) is 35.9 Å². The number of hydrogen-bond acceptors (Lipinski definition) is 6. The van der Waals surface area contributed by atoms with E-state index >= 15 is 0 Å². The summed E-state index contributed by atoms with van der Waals surface area (Å²) >= 11 is 0. The van der Waals surface area contributed by atoms with Crippen molar-refractivity contribution in [3.63, 3.8) is 0 Å². The van der Waals surface area contributed by atoms with E-state index < -0.39 is 0 Å². The molecule has 0 saturated heterocycles. The van der Waals surface area contributed by atoms with Gasteiger partial charge in [0.2, 0.25) is 0 Å². The van der Waals surface area contributed by atoms with Gasteiger partial charge in [-0.15, -0.1) is 119 Å². The standard InChI is InChI=1S/C48H35N3.C47H33N3.2Pt/c1-34-32-49-46(30-44(34)37-18-8-4-9-19-37)39-22-14-24-41(28-39)51(48-27-13-12-26-43(48)36-16-6-3-7-17-36)42-25-15-23-40(29-42)47-31-45(35(2)33-50-47)38-20-10-5-11-21-38;1-34-33-49-46(32-44(34)37-19-9-4-10-20-37)40-22-14-24-42(30-40)50(47-26-12-11-25-43(47)36-17-7-3-8-18-36)41-23-13-21-39(29-41)45-31-38(27-28-48-45)35-15-5-2-6-16-35;;/h3-27,30-33H,1-2H3;2-28,31-33H,1H3;;/q2*-2;2*+2. The van der Waals surface area contributed by atoms with E-state index in [2.05, 4.69) is 352 Å². The number of nitrogens with zero attached hydrogens (tertiary/aromatic N) is 6. The molecule has 498 valence electrons. The first kappa shape index (κ1) is 69.7. The second-order valence-corrected chi connectivity index (χ2v) is 24.8. The van der Waals surface area contributed by atoms with Crippen molar-refractivity contribution in [1.29, 1.82) is 0 Å². The van der Waals surface area contributed by atoms with E-state index in [1.54, 1.807) is 0 Å². The van der Waals surface area contributed by atoms with Gasteiger partial charge in [-0.1, -0.05) is 243 Å². The summed E-state index contributed by atoms with van der Waals surface area (Å²) < 4.78 is 0. The molecule has 0 saturated carbocycles. The van der Waals surface area contributed by atoms with E-state index in [0.717, 1.165) is 146 Å². The Morgan fingerprint density at radius 1 is 0.223 bits per heavy atom. The molecule has 4 heterocycles. The minimum atomic E-state index is 0. The maximum atomic E-state index is 4.87. The van der Waals surface area contributed by atoms with Gasteiger partial charge < -0.3 is 29.7 Å². The maximum Gasteiger partial charge on any atom is 2.00 e. The zero-order valence-corrected chi connectivity index (χ0v) is 61.4. The van der Waals surface area contributed by atoms with Crippen LogP contribution in [0.1, 0.15) is 16.7 Å². The van der Waals surface area contributed by atoms with Crippen LogP contribution in [0.5, 0.6) is 0 Å². The van der Waals surface area contributed by atoms with Crippen LogP contribution < -0.4 is 9.80 Å². The molecular formula is C95H68N6Pt2. The summed E-state index contributed by atoms with van der Waals surface area (Å²) in [5, 5.41) is 0. The van der Waals surface area contributed by atoms with E-state index in [1.807, 2.05) is 61.2 Å². The van der Waals surface area contributed by atoms with Crippen LogP contribution in [0.3, 0.4) is 0 Å². The van der Waals surface area contributed by atoms with Crippen LogP contribution in [0, 0.1) is 45.0 Å². The van der Waals surface area contributed by atoms with Crippen molar-refractivity contribution in [2.45, 2.75) is 20.8 Å². The number of anilines is 6. The van der Waals surface area contributed by atoms with Gasteiger partial charge in [0.25, 0.3) is 0 Å². The molecule has 0 aliphatic carbocycles. The molecule has 0 spiro atoms. The topological polar surface area (TPSA) is 58.0 Å². The van der Waals surface area contributed by atoms with Gasteiger partial charge >= 0.3 is 42.1 Å². The minimum absolute atomic E-state index is 0. The molecule has 4 aromatic heterocycles. The van der Waals surface area contributed by atoms with Gasteiger partial charge in [0.15, 0.2) is 0 Å².